The zero-order chi connectivity index (χ0) is 16.8. The lowest BCUT2D eigenvalue weighted by Gasteiger charge is -2.05. The molecule has 2 rings (SSSR count). The Morgan fingerprint density at radius 2 is 2.04 bits per heavy atom. The second-order valence-electron chi connectivity index (χ2n) is 5.17. The number of carbonyl (C=O) groups is 1. The monoisotopic (exact) mass is 330 g/mol. The van der Waals surface area contributed by atoms with Crippen LogP contribution in [0.15, 0.2) is 48.1 Å². The number of oxime groups is 1. The summed E-state index contributed by atoms with van der Waals surface area (Å²) in [5.41, 5.74) is 3.45. The summed E-state index contributed by atoms with van der Waals surface area (Å²) in [6.07, 6.45) is 3.35. The minimum atomic E-state index is -0.0957. The third kappa shape index (κ3) is 4.33. The Labute approximate surface area is 141 Å². The fourth-order valence-corrected chi connectivity index (χ4v) is 2.44. The molecule has 0 amide bonds. The first-order valence-corrected chi connectivity index (χ1v) is 7.62. The average molecular weight is 331 g/mol. The molecule has 1 aromatic carbocycles. The quantitative estimate of drug-likeness (QED) is 0.331. The number of aromatic nitrogens is 1. The highest BCUT2D eigenvalue weighted by atomic mass is 35.5. The predicted octanol–water partition coefficient (Wildman–Crippen LogP) is 4.18. The average Bonchev–Trinajstić information content (AvgIpc) is 2.82. The first-order valence-electron chi connectivity index (χ1n) is 7.24. The van der Waals surface area contributed by atoms with Crippen LogP contribution in [0.25, 0.3) is 0 Å². The fourth-order valence-electron chi connectivity index (χ4n) is 2.31. The van der Waals surface area contributed by atoms with E-state index in [1.54, 1.807) is 24.4 Å². The van der Waals surface area contributed by atoms with Crippen molar-refractivity contribution in [2.75, 3.05) is 6.61 Å². The molecule has 1 aromatic heterocycles. The van der Waals surface area contributed by atoms with Gasteiger partial charge < -0.3 is 9.40 Å². The van der Waals surface area contributed by atoms with E-state index in [-0.39, 0.29) is 12.4 Å². The minimum absolute atomic E-state index is 0.0948. The lowest BCUT2D eigenvalue weighted by Crippen LogP contribution is -2.09. The summed E-state index contributed by atoms with van der Waals surface area (Å²) >= 11 is 5.81. The van der Waals surface area contributed by atoms with Gasteiger partial charge in [-0.05, 0) is 37.6 Å². The van der Waals surface area contributed by atoms with Crippen LogP contribution >= 0.6 is 11.6 Å². The van der Waals surface area contributed by atoms with Gasteiger partial charge in [-0.3, -0.25) is 4.79 Å². The summed E-state index contributed by atoms with van der Waals surface area (Å²) < 4.78 is 2.04. The highest BCUT2D eigenvalue weighted by Gasteiger charge is 2.15. The Morgan fingerprint density at radius 3 is 2.70 bits per heavy atom. The number of benzene rings is 1. The number of halogens is 1. The van der Waals surface area contributed by atoms with Gasteiger partial charge in [-0.15, -0.1) is 6.58 Å². The molecule has 0 saturated carbocycles. The van der Waals surface area contributed by atoms with E-state index < -0.39 is 0 Å². The molecule has 23 heavy (non-hydrogen) atoms. The topological polar surface area (TPSA) is 43.6 Å². The molecular weight excluding hydrogens is 312 g/mol. The zero-order valence-corrected chi connectivity index (χ0v) is 14.0. The van der Waals surface area contributed by atoms with Gasteiger partial charge in [0.05, 0.1) is 6.21 Å². The van der Waals surface area contributed by atoms with Gasteiger partial charge in [-0.2, -0.15) is 0 Å². The number of hydrogen-bond donors (Lipinski definition) is 0. The van der Waals surface area contributed by atoms with Crippen molar-refractivity contribution in [2.24, 2.45) is 5.16 Å². The number of Topliss-reactive ketones (excluding diaryl/α,β-unsaturated/α-hetero) is 1. The molecular formula is C18H19ClN2O2. The van der Waals surface area contributed by atoms with Crippen molar-refractivity contribution in [3.63, 3.8) is 0 Å². The Kier molecular flexibility index (Phi) is 5.77. The van der Waals surface area contributed by atoms with Crippen molar-refractivity contribution < 1.29 is 9.63 Å². The summed E-state index contributed by atoms with van der Waals surface area (Å²) in [7, 11) is 0. The molecule has 0 fully saturated rings. The van der Waals surface area contributed by atoms with Gasteiger partial charge in [0.25, 0.3) is 0 Å². The molecule has 120 valence electrons. The van der Waals surface area contributed by atoms with E-state index in [4.69, 9.17) is 16.4 Å². The number of rotatable bonds is 7. The SMILES string of the molecule is C=CCn1c(C)cc(C(=O)CO/N=C/c2ccc(Cl)cc2)c1C. The molecule has 1 heterocycles. The number of aryl methyl sites for hydroxylation is 1. The van der Waals surface area contributed by atoms with Crippen LogP contribution in [0.2, 0.25) is 5.02 Å². The van der Waals surface area contributed by atoms with Gasteiger partial charge in [-0.1, -0.05) is 35.0 Å². The molecule has 0 aliphatic heterocycles. The summed E-state index contributed by atoms with van der Waals surface area (Å²) in [6.45, 7) is 8.20. The molecule has 0 aliphatic rings. The summed E-state index contributed by atoms with van der Waals surface area (Å²) in [5, 5.41) is 4.48. The highest BCUT2D eigenvalue weighted by molar-refractivity contribution is 6.30. The predicted molar refractivity (Wildman–Crippen MR) is 93.4 cm³/mol. The first-order chi connectivity index (χ1) is 11.0. The third-order valence-electron chi connectivity index (χ3n) is 3.53. The van der Waals surface area contributed by atoms with Gasteiger partial charge in [0, 0.05) is 28.5 Å². The molecule has 0 saturated heterocycles. The standard InChI is InChI=1S/C18H19ClN2O2/c1-4-9-21-13(2)10-17(14(21)3)18(22)12-23-20-11-15-5-7-16(19)8-6-15/h4-8,10-11H,1,9,12H2,2-3H3/b20-11+. The van der Waals surface area contributed by atoms with Crippen LogP contribution in [0, 0.1) is 13.8 Å². The lowest BCUT2D eigenvalue weighted by atomic mass is 10.2. The summed E-state index contributed by atoms with van der Waals surface area (Å²) in [4.78, 5) is 17.3. The number of hydrogen-bond acceptors (Lipinski definition) is 3. The number of nitrogens with zero attached hydrogens (tertiary/aromatic N) is 2. The van der Waals surface area contributed by atoms with E-state index >= 15 is 0 Å². The molecule has 0 atom stereocenters. The molecule has 0 bridgehead atoms. The molecule has 4 nitrogen and oxygen atoms in total. The normalized spacial score (nSPS) is 10.9. The summed E-state index contributed by atoms with van der Waals surface area (Å²) in [6, 6.07) is 9.04. The van der Waals surface area contributed by atoms with E-state index in [1.807, 2.05) is 36.6 Å². The van der Waals surface area contributed by atoms with E-state index in [0.717, 1.165) is 17.0 Å². The lowest BCUT2D eigenvalue weighted by molar-refractivity contribution is 0.0778. The maximum Gasteiger partial charge on any atom is 0.204 e. The van der Waals surface area contributed by atoms with Gasteiger partial charge >= 0.3 is 0 Å². The van der Waals surface area contributed by atoms with E-state index in [2.05, 4.69) is 11.7 Å². The number of ketones is 1. The van der Waals surface area contributed by atoms with Gasteiger partial charge in [0.2, 0.25) is 5.78 Å². The molecule has 0 spiro atoms. The van der Waals surface area contributed by atoms with Crippen LogP contribution in [-0.2, 0) is 11.4 Å². The molecule has 0 N–H and O–H groups in total. The molecule has 0 aliphatic carbocycles. The van der Waals surface area contributed by atoms with Gasteiger partial charge in [0.15, 0.2) is 6.61 Å². The van der Waals surface area contributed by atoms with Crippen molar-refractivity contribution in [3.05, 3.63) is 70.5 Å². The Balaban J connectivity index is 1.96. The van der Waals surface area contributed by atoms with Gasteiger partial charge in [0.1, 0.15) is 0 Å². The maximum atomic E-state index is 12.2. The Hall–Kier alpha value is -2.33. The van der Waals surface area contributed by atoms with Crippen LogP contribution in [0.1, 0.15) is 27.3 Å². The van der Waals surface area contributed by atoms with E-state index in [9.17, 15) is 4.79 Å². The molecule has 5 heteroatoms. The van der Waals surface area contributed by atoms with E-state index in [1.165, 1.54) is 0 Å². The Bertz CT molecular complexity index is 730. The number of carbonyl (C=O) groups excluding carboxylic acids is 1. The van der Waals surface area contributed by atoms with Crippen LogP contribution in [0.4, 0.5) is 0 Å². The zero-order valence-electron chi connectivity index (χ0n) is 13.3. The molecule has 2 aromatic rings. The summed E-state index contributed by atoms with van der Waals surface area (Å²) in [5.74, 6) is -0.0957. The van der Waals surface area contributed by atoms with Crippen LogP contribution in [0.5, 0.6) is 0 Å². The second kappa shape index (κ2) is 7.79. The second-order valence-corrected chi connectivity index (χ2v) is 5.60. The van der Waals surface area contributed by atoms with Crippen LogP contribution in [0.3, 0.4) is 0 Å². The van der Waals surface area contributed by atoms with Crippen molar-refractivity contribution in [1.82, 2.24) is 4.57 Å². The van der Waals surface area contributed by atoms with Crippen LogP contribution in [-0.4, -0.2) is 23.2 Å². The maximum absolute atomic E-state index is 12.2. The molecule has 0 radical (unpaired) electrons. The first kappa shape index (κ1) is 17.0. The van der Waals surface area contributed by atoms with Crippen LogP contribution < -0.4 is 0 Å². The van der Waals surface area contributed by atoms with Crippen molar-refractivity contribution in [1.29, 1.82) is 0 Å². The largest absolute Gasteiger partial charge is 0.387 e. The number of allylic oxidation sites excluding steroid dienone is 1. The van der Waals surface area contributed by atoms with Crippen molar-refractivity contribution in [2.45, 2.75) is 20.4 Å². The molecule has 0 unspecified atom stereocenters. The fraction of sp³-hybridized carbons (Fsp3) is 0.222. The van der Waals surface area contributed by atoms with E-state index in [0.29, 0.717) is 17.1 Å². The highest BCUT2D eigenvalue weighted by Crippen LogP contribution is 2.16. The van der Waals surface area contributed by atoms with Crippen molar-refractivity contribution >= 4 is 23.6 Å². The minimum Gasteiger partial charge on any atom is -0.387 e. The van der Waals surface area contributed by atoms with Gasteiger partial charge in [-0.25, -0.2) is 0 Å². The smallest absolute Gasteiger partial charge is 0.204 e. The Morgan fingerprint density at radius 1 is 1.35 bits per heavy atom. The third-order valence-corrected chi connectivity index (χ3v) is 3.78. The van der Waals surface area contributed by atoms with Crippen molar-refractivity contribution in [3.8, 4) is 0 Å².